The lowest BCUT2D eigenvalue weighted by atomic mass is 9.95. The van der Waals surface area contributed by atoms with Crippen molar-refractivity contribution in [3.63, 3.8) is 0 Å². The SMILES string of the molecule is CCOc1ccc(C(NC)C(C)C(=O)O)cc1. The zero-order chi connectivity index (χ0) is 12.8. The molecule has 0 saturated heterocycles. The Bertz CT molecular complexity index is 361. The highest BCUT2D eigenvalue weighted by atomic mass is 16.5. The summed E-state index contributed by atoms with van der Waals surface area (Å²) in [7, 11) is 1.76. The Hall–Kier alpha value is -1.55. The van der Waals surface area contributed by atoms with E-state index in [1.807, 2.05) is 31.2 Å². The van der Waals surface area contributed by atoms with Crippen molar-refractivity contribution >= 4 is 5.97 Å². The van der Waals surface area contributed by atoms with Crippen LogP contribution in [0.3, 0.4) is 0 Å². The van der Waals surface area contributed by atoms with Crippen molar-refractivity contribution in [1.82, 2.24) is 5.32 Å². The normalized spacial score (nSPS) is 14.1. The second-order valence-corrected chi connectivity index (χ2v) is 3.90. The van der Waals surface area contributed by atoms with Gasteiger partial charge in [0.1, 0.15) is 5.75 Å². The number of carboxylic acids is 1. The molecule has 0 aliphatic carbocycles. The van der Waals surface area contributed by atoms with Crippen LogP contribution in [-0.4, -0.2) is 24.7 Å². The molecule has 0 heterocycles. The maximum Gasteiger partial charge on any atom is 0.308 e. The van der Waals surface area contributed by atoms with Gasteiger partial charge in [0.05, 0.1) is 12.5 Å². The van der Waals surface area contributed by atoms with Crippen LogP contribution < -0.4 is 10.1 Å². The van der Waals surface area contributed by atoms with Crippen molar-refractivity contribution in [3.05, 3.63) is 29.8 Å². The van der Waals surface area contributed by atoms with Crippen molar-refractivity contribution in [3.8, 4) is 5.75 Å². The van der Waals surface area contributed by atoms with Crippen molar-refractivity contribution < 1.29 is 14.6 Å². The summed E-state index contributed by atoms with van der Waals surface area (Å²) < 4.78 is 5.35. The fraction of sp³-hybridized carbons (Fsp3) is 0.462. The van der Waals surface area contributed by atoms with Gasteiger partial charge in [-0.2, -0.15) is 0 Å². The first-order valence-corrected chi connectivity index (χ1v) is 5.73. The molecule has 4 nitrogen and oxygen atoms in total. The van der Waals surface area contributed by atoms with Crippen LogP contribution in [0.15, 0.2) is 24.3 Å². The molecule has 0 aromatic heterocycles. The van der Waals surface area contributed by atoms with Crippen LogP contribution in [0.1, 0.15) is 25.5 Å². The Morgan fingerprint density at radius 3 is 2.41 bits per heavy atom. The lowest BCUT2D eigenvalue weighted by molar-refractivity contribution is -0.142. The van der Waals surface area contributed by atoms with Crippen LogP contribution in [0.25, 0.3) is 0 Å². The minimum atomic E-state index is -0.807. The first kappa shape index (κ1) is 13.5. The summed E-state index contributed by atoms with van der Waals surface area (Å²) in [5.74, 6) is -0.481. The number of aliphatic carboxylic acids is 1. The molecular formula is C13H19NO3. The second kappa shape index (κ2) is 6.25. The average molecular weight is 237 g/mol. The second-order valence-electron chi connectivity index (χ2n) is 3.90. The number of rotatable bonds is 6. The summed E-state index contributed by atoms with van der Waals surface area (Å²) in [6.07, 6.45) is 0. The Morgan fingerprint density at radius 2 is 2.00 bits per heavy atom. The van der Waals surface area contributed by atoms with E-state index in [0.29, 0.717) is 6.61 Å². The Morgan fingerprint density at radius 1 is 1.41 bits per heavy atom. The molecule has 0 amide bonds. The third kappa shape index (κ3) is 3.46. The van der Waals surface area contributed by atoms with E-state index >= 15 is 0 Å². The highest BCUT2D eigenvalue weighted by Gasteiger charge is 2.23. The van der Waals surface area contributed by atoms with Crippen molar-refractivity contribution in [2.45, 2.75) is 19.9 Å². The van der Waals surface area contributed by atoms with E-state index < -0.39 is 11.9 Å². The highest BCUT2D eigenvalue weighted by Crippen LogP contribution is 2.24. The molecule has 0 bridgehead atoms. The number of hydrogen-bond donors (Lipinski definition) is 2. The van der Waals surface area contributed by atoms with Crippen LogP contribution >= 0.6 is 0 Å². The van der Waals surface area contributed by atoms with Gasteiger partial charge >= 0.3 is 5.97 Å². The van der Waals surface area contributed by atoms with Gasteiger partial charge in [0, 0.05) is 6.04 Å². The van der Waals surface area contributed by atoms with Crippen LogP contribution in [0.5, 0.6) is 5.75 Å². The maximum atomic E-state index is 11.0. The monoisotopic (exact) mass is 237 g/mol. The maximum absolute atomic E-state index is 11.0. The Balaban J connectivity index is 2.85. The van der Waals surface area contributed by atoms with Crippen molar-refractivity contribution in [1.29, 1.82) is 0 Å². The molecule has 2 unspecified atom stereocenters. The van der Waals surface area contributed by atoms with E-state index in [4.69, 9.17) is 9.84 Å². The molecule has 0 aliphatic heterocycles. The molecule has 4 heteroatoms. The average Bonchev–Trinajstić information content (AvgIpc) is 2.32. The molecule has 0 radical (unpaired) electrons. The standard InChI is InChI=1S/C13H19NO3/c1-4-17-11-7-5-10(6-8-11)12(14-3)9(2)13(15)16/h5-9,12,14H,4H2,1-3H3,(H,15,16). The molecule has 2 atom stereocenters. The third-order valence-electron chi connectivity index (χ3n) is 2.75. The summed E-state index contributed by atoms with van der Waals surface area (Å²) in [6.45, 7) is 4.25. The van der Waals surface area contributed by atoms with Gasteiger partial charge < -0.3 is 15.2 Å². The van der Waals surface area contributed by atoms with Gasteiger partial charge in [-0.1, -0.05) is 19.1 Å². The van der Waals surface area contributed by atoms with Crippen LogP contribution in [0.4, 0.5) is 0 Å². The molecule has 94 valence electrons. The van der Waals surface area contributed by atoms with E-state index in [9.17, 15) is 4.79 Å². The summed E-state index contributed by atoms with van der Waals surface area (Å²) in [4.78, 5) is 11.0. The zero-order valence-corrected chi connectivity index (χ0v) is 10.4. The lowest BCUT2D eigenvalue weighted by Gasteiger charge is -2.21. The molecular weight excluding hydrogens is 218 g/mol. The molecule has 1 rings (SSSR count). The van der Waals surface area contributed by atoms with Crippen LogP contribution in [0, 0.1) is 5.92 Å². The molecule has 0 spiro atoms. The predicted octanol–water partition coefficient (Wildman–Crippen LogP) is 2.07. The van der Waals surface area contributed by atoms with Crippen LogP contribution in [-0.2, 0) is 4.79 Å². The summed E-state index contributed by atoms with van der Waals surface area (Å²) in [5, 5.41) is 12.0. The summed E-state index contributed by atoms with van der Waals surface area (Å²) >= 11 is 0. The molecule has 0 saturated carbocycles. The van der Waals surface area contributed by atoms with E-state index in [0.717, 1.165) is 11.3 Å². The largest absolute Gasteiger partial charge is 0.494 e. The molecule has 1 aromatic carbocycles. The highest BCUT2D eigenvalue weighted by molar-refractivity contribution is 5.70. The number of benzene rings is 1. The minimum absolute atomic E-state index is 0.192. The summed E-state index contributed by atoms with van der Waals surface area (Å²) in [6, 6.07) is 7.32. The quantitative estimate of drug-likeness (QED) is 0.795. The minimum Gasteiger partial charge on any atom is -0.494 e. The van der Waals surface area contributed by atoms with E-state index in [1.54, 1.807) is 14.0 Å². The van der Waals surface area contributed by atoms with Crippen molar-refractivity contribution in [2.75, 3.05) is 13.7 Å². The van der Waals surface area contributed by atoms with Gasteiger partial charge in [-0.15, -0.1) is 0 Å². The van der Waals surface area contributed by atoms with Gasteiger partial charge in [-0.05, 0) is 31.7 Å². The van der Waals surface area contributed by atoms with Gasteiger partial charge in [0.25, 0.3) is 0 Å². The molecule has 0 fully saturated rings. The first-order valence-electron chi connectivity index (χ1n) is 5.73. The van der Waals surface area contributed by atoms with E-state index in [-0.39, 0.29) is 6.04 Å². The smallest absolute Gasteiger partial charge is 0.308 e. The molecule has 17 heavy (non-hydrogen) atoms. The third-order valence-corrected chi connectivity index (χ3v) is 2.75. The lowest BCUT2D eigenvalue weighted by Crippen LogP contribution is -2.28. The zero-order valence-electron chi connectivity index (χ0n) is 10.4. The van der Waals surface area contributed by atoms with E-state index in [2.05, 4.69) is 5.32 Å². The number of ether oxygens (including phenoxy) is 1. The van der Waals surface area contributed by atoms with Crippen LogP contribution in [0.2, 0.25) is 0 Å². The Labute approximate surface area is 102 Å². The Kier molecular flexibility index (Phi) is 4.97. The van der Waals surface area contributed by atoms with Crippen molar-refractivity contribution in [2.24, 2.45) is 5.92 Å². The fourth-order valence-electron chi connectivity index (χ4n) is 1.79. The topological polar surface area (TPSA) is 58.6 Å². The van der Waals surface area contributed by atoms with E-state index in [1.165, 1.54) is 0 Å². The fourth-order valence-corrected chi connectivity index (χ4v) is 1.79. The predicted molar refractivity (Wildman–Crippen MR) is 66.2 cm³/mol. The number of carboxylic acid groups (broad SMARTS) is 1. The number of nitrogens with one attached hydrogen (secondary N) is 1. The first-order chi connectivity index (χ1) is 8.10. The van der Waals surface area contributed by atoms with Gasteiger partial charge in [-0.3, -0.25) is 4.79 Å². The molecule has 2 N–H and O–H groups in total. The summed E-state index contributed by atoms with van der Waals surface area (Å²) in [5.41, 5.74) is 0.950. The van der Waals surface area contributed by atoms with Gasteiger partial charge in [0.15, 0.2) is 0 Å². The van der Waals surface area contributed by atoms with Gasteiger partial charge in [0.2, 0.25) is 0 Å². The number of carbonyl (C=O) groups is 1. The molecule has 0 aliphatic rings. The van der Waals surface area contributed by atoms with Gasteiger partial charge in [-0.25, -0.2) is 0 Å². The molecule has 1 aromatic rings. The number of hydrogen-bond acceptors (Lipinski definition) is 3.